The highest BCUT2D eigenvalue weighted by molar-refractivity contribution is 5.97. The molecule has 3 aromatic rings. The lowest BCUT2D eigenvalue weighted by molar-refractivity contribution is 0.0996. The lowest BCUT2D eigenvalue weighted by Gasteiger charge is -2.16. The minimum atomic E-state index is -0.607. The van der Waals surface area contributed by atoms with Crippen LogP contribution in [-0.4, -0.2) is 28.5 Å². The van der Waals surface area contributed by atoms with Gasteiger partial charge in [0, 0.05) is 18.3 Å². The SMILES string of the molecule is Cc1cc(C)nc(Nc2cc(NCC(N)Cc3ccccc3)cnc2C(N)=O)c1. The highest BCUT2D eigenvalue weighted by atomic mass is 16.1. The number of amides is 1. The van der Waals surface area contributed by atoms with Crippen molar-refractivity contribution in [1.29, 1.82) is 0 Å². The van der Waals surface area contributed by atoms with Crippen molar-refractivity contribution in [2.75, 3.05) is 17.2 Å². The molecule has 0 aliphatic carbocycles. The van der Waals surface area contributed by atoms with Gasteiger partial charge in [-0.15, -0.1) is 0 Å². The van der Waals surface area contributed by atoms with Gasteiger partial charge in [0.2, 0.25) is 0 Å². The van der Waals surface area contributed by atoms with E-state index >= 15 is 0 Å². The Balaban J connectivity index is 1.73. The van der Waals surface area contributed by atoms with Gasteiger partial charge in [0.05, 0.1) is 17.6 Å². The van der Waals surface area contributed by atoms with Crippen LogP contribution in [0.15, 0.2) is 54.7 Å². The largest absolute Gasteiger partial charge is 0.382 e. The summed E-state index contributed by atoms with van der Waals surface area (Å²) in [5.74, 6) is 0.0222. The zero-order chi connectivity index (χ0) is 20.8. The first-order chi connectivity index (χ1) is 13.9. The van der Waals surface area contributed by atoms with E-state index in [1.807, 2.05) is 44.2 Å². The van der Waals surface area contributed by atoms with Crippen molar-refractivity contribution in [2.24, 2.45) is 11.5 Å². The molecule has 6 N–H and O–H groups in total. The van der Waals surface area contributed by atoms with Crippen molar-refractivity contribution in [2.45, 2.75) is 26.3 Å². The summed E-state index contributed by atoms with van der Waals surface area (Å²) in [5.41, 5.74) is 16.3. The lowest BCUT2D eigenvalue weighted by Crippen LogP contribution is -2.31. The third-order valence-corrected chi connectivity index (χ3v) is 4.39. The number of rotatable bonds is 8. The van der Waals surface area contributed by atoms with Gasteiger partial charge in [0.25, 0.3) is 5.91 Å². The van der Waals surface area contributed by atoms with Crippen molar-refractivity contribution in [3.05, 3.63) is 77.2 Å². The van der Waals surface area contributed by atoms with Crippen LogP contribution in [-0.2, 0) is 6.42 Å². The number of nitrogens with zero attached hydrogens (tertiary/aromatic N) is 2. The van der Waals surface area contributed by atoms with Crippen LogP contribution >= 0.6 is 0 Å². The molecule has 7 nitrogen and oxygen atoms in total. The molecular weight excluding hydrogens is 364 g/mol. The summed E-state index contributed by atoms with van der Waals surface area (Å²) in [6, 6.07) is 15.7. The average Bonchev–Trinajstić information content (AvgIpc) is 2.66. The van der Waals surface area contributed by atoms with Gasteiger partial charge in [-0.3, -0.25) is 4.79 Å². The Bertz CT molecular complexity index is 970. The van der Waals surface area contributed by atoms with Gasteiger partial charge in [-0.25, -0.2) is 9.97 Å². The number of nitrogens with two attached hydrogens (primary N) is 2. The maximum absolute atomic E-state index is 11.8. The molecule has 0 radical (unpaired) electrons. The predicted octanol–water partition coefficient (Wildman–Crippen LogP) is 2.92. The summed E-state index contributed by atoms with van der Waals surface area (Å²) in [6.07, 6.45) is 2.34. The van der Waals surface area contributed by atoms with Crippen molar-refractivity contribution < 1.29 is 4.79 Å². The van der Waals surface area contributed by atoms with Crippen LogP contribution < -0.4 is 22.1 Å². The molecule has 0 saturated carbocycles. The molecule has 0 aliphatic heterocycles. The fourth-order valence-corrected chi connectivity index (χ4v) is 3.13. The van der Waals surface area contributed by atoms with Crippen LogP contribution in [0.2, 0.25) is 0 Å². The second kappa shape index (κ2) is 9.16. The number of anilines is 3. The Morgan fingerprint density at radius 2 is 1.90 bits per heavy atom. The highest BCUT2D eigenvalue weighted by Crippen LogP contribution is 2.23. The van der Waals surface area contributed by atoms with Crippen LogP contribution in [0, 0.1) is 13.8 Å². The Hall–Kier alpha value is -3.45. The van der Waals surface area contributed by atoms with E-state index in [2.05, 4.69) is 32.7 Å². The molecule has 7 heteroatoms. The van der Waals surface area contributed by atoms with E-state index in [-0.39, 0.29) is 11.7 Å². The first kappa shape index (κ1) is 20.3. The normalized spacial score (nSPS) is 11.7. The standard InChI is InChI=1S/C22H26N6O/c1-14-8-15(2)27-20(9-14)28-19-11-18(13-26-21(19)22(24)29)25-12-17(23)10-16-6-4-3-5-7-16/h3-9,11,13,17,25H,10,12,23H2,1-2H3,(H2,24,29)(H,27,28). The first-order valence-corrected chi connectivity index (χ1v) is 9.46. The fourth-order valence-electron chi connectivity index (χ4n) is 3.13. The summed E-state index contributed by atoms with van der Waals surface area (Å²) in [4.78, 5) is 20.4. The first-order valence-electron chi connectivity index (χ1n) is 9.46. The maximum atomic E-state index is 11.8. The second-order valence-corrected chi connectivity index (χ2v) is 7.11. The van der Waals surface area contributed by atoms with Crippen LogP contribution in [0.5, 0.6) is 0 Å². The topological polar surface area (TPSA) is 119 Å². The molecule has 0 fully saturated rings. The molecule has 1 amide bonds. The van der Waals surface area contributed by atoms with Crippen LogP contribution in [0.25, 0.3) is 0 Å². The van der Waals surface area contributed by atoms with Gasteiger partial charge in [0.1, 0.15) is 5.82 Å². The summed E-state index contributed by atoms with van der Waals surface area (Å²) in [7, 11) is 0. The lowest BCUT2D eigenvalue weighted by atomic mass is 10.1. The molecule has 0 aliphatic rings. The second-order valence-electron chi connectivity index (χ2n) is 7.11. The van der Waals surface area contributed by atoms with Crippen LogP contribution in [0.4, 0.5) is 17.2 Å². The number of aromatic nitrogens is 2. The maximum Gasteiger partial charge on any atom is 0.269 e. The Labute approximate surface area is 170 Å². The molecule has 1 atom stereocenters. The van der Waals surface area contributed by atoms with Gasteiger partial charge in [-0.05, 0) is 49.6 Å². The van der Waals surface area contributed by atoms with E-state index in [0.717, 1.165) is 23.4 Å². The van der Waals surface area contributed by atoms with Gasteiger partial charge in [-0.1, -0.05) is 30.3 Å². The zero-order valence-corrected chi connectivity index (χ0v) is 16.6. The zero-order valence-electron chi connectivity index (χ0n) is 16.6. The summed E-state index contributed by atoms with van der Waals surface area (Å²) < 4.78 is 0. The number of primary amides is 1. The molecule has 1 aromatic carbocycles. The molecular formula is C22H26N6O. The van der Waals surface area contributed by atoms with Crippen molar-refractivity contribution >= 4 is 23.1 Å². The highest BCUT2D eigenvalue weighted by Gasteiger charge is 2.13. The van der Waals surface area contributed by atoms with E-state index in [0.29, 0.717) is 18.1 Å². The van der Waals surface area contributed by atoms with Crippen molar-refractivity contribution in [3.63, 3.8) is 0 Å². The van der Waals surface area contributed by atoms with Crippen molar-refractivity contribution in [1.82, 2.24) is 9.97 Å². The Morgan fingerprint density at radius 1 is 1.14 bits per heavy atom. The third kappa shape index (κ3) is 5.76. The van der Waals surface area contributed by atoms with E-state index < -0.39 is 5.91 Å². The monoisotopic (exact) mass is 390 g/mol. The molecule has 2 heterocycles. The van der Waals surface area contributed by atoms with Crippen LogP contribution in [0.1, 0.15) is 27.3 Å². The average molecular weight is 390 g/mol. The number of benzene rings is 1. The molecule has 3 rings (SSSR count). The van der Waals surface area contributed by atoms with Gasteiger partial charge in [-0.2, -0.15) is 0 Å². The molecule has 0 spiro atoms. The minimum absolute atomic E-state index is 0.0642. The number of carbonyl (C=O) groups excluding carboxylic acids is 1. The van der Waals surface area contributed by atoms with E-state index in [4.69, 9.17) is 11.5 Å². The van der Waals surface area contributed by atoms with Gasteiger partial charge >= 0.3 is 0 Å². The predicted molar refractivity (Wildman–Crippen MR) is 116 cm³/mol. The number of pyridine rings is 2. The van der Waals surface area contributed by atoms with Gasteiger partial charge < -0.3 is 22.1 Å². The van der Waals surface area contributed by atoms with Crippen molar-refractivity contribution in [3.8, 4) is 0 Å². The van der Waals surface area contributed by atoms with E-state index in [9.17, 15) is 4.79 Å². The summed E-state index contributed by atoms with van der Waals surface area (Å²) in [5, 5.41) is 6.44. The minimum Gasteiger partial charge on any atom is -0.382 e. The molecule has 150 valence electrons. The third-order valence-electron chi connectivity index (χ3n) is 4.39. The molecule has 29 heavy (non-hydrogen) atoms. The Kier molecular flexibility index (Phi) is 6.41. The quantitative estimate of drug-likeness (QED) is 0.470. The number of aryl methyl sites for hydroxylation is 2. The summed E-state index contributed by atoms with van der Waals surface area (Å²) in [6.45, 7) is 4.46. The fraction of sp³-hybridized carbons (Fsp3) is 0.227. The van der Waals surface area contributed by atoms with Crippen LogP contribution in [0.3, 0.4) is 0 Å². The number of hydrogen-bond donors (Lipinski definition) is 4. The Morgan fingerprint density at radius 3 is 2.59 bits per heavy atom. The molecule has 2 aromatic heterocycles. The number of hydrogen-bond acceptors (Lipinski definition) is 6. The van der Waals surface area contributed by atoms with Gasteiger partial charge in [0.15, 0.2) is 5.69 Å². The van der Waals surface area contributed by atoms with E-state index in [1.165, 1.54) is 5.56 Å². The number of nitrogens with one attached hydrogen (secondary N) is 2. The summed E-state index contributed by atoms with van der Waals surface area (Å²) >= 11 is 0. The molecule has 0 saturated heterocycles. The van der Waals surface area contributed by atoms with E-state index in [1.54, 1.807) is 12.3 Å². The number of carbonyl (C=O) groups is 1. The smallest absolute Gasteiger partial charge is 0.269 e. The molecule has 0 bridgehead atoms. The molecule has 1 unspecified atom stereocenters.